The molecule has 0 aliphatic heterocycles. The first-order valence-corrected chi connectivity index (χ1v) is 11.0. The molecule has 1 unspecified atom stereocenters. The van der Waals surface area contributed by atoms with E-state index in [2.05, 4.69) is 31.9 Å². The van der Waals surface area contributed by atoms with Gasteiger partial charge < -0.3 is 20.1 Å². The van der Waals surface area contributed by atoms with E-state index in [1.54, 1.807) is 49.6 Å². The molecule has 9 heteroatoms. The van der Waals surface area contributed by atoms with E-state index in [0.29, 0.717) is 40.3 Å². The highest BCUT2D eigenvalue weighted by Crippen LogP contribution is 2.26. The fourth-order valence-corrected chi connectivity index (χ4v) is 3.15. The van der Waals surface area contributed by atoms with Crippen LogP contribution in [0.15, 0.2) is 46.9 Å². The van der Waals surface area contributed by atoms with Gasteiger partial charge in [-0.1, -0.05) is 6.92 Å². The van der Waals surface area contributed by atoms with Gasteiger partial charge in [0.15, 0.2) is 5.11 Å². The molecule has 0 saturated heterocycles. The van der Waals surface area contributed by atoms with Crippen molar-refractivity contribution >= 4 is 50.8 Å². The van der Waals surface area contributed by atoms with Crippen LogP contribution in [0.25, 0.3) is 0 Å². The molecule has 2 rings (SSSR count). The zero-order chi connectivity index (χ0) is 22.8. The maximum absolute atomic E-state index is 12.5. The number of anilines is 1. The lowest BCUT2D eigenvalue weighted by molar-refractivity contribution is 0.0937. The van der Waals surface area contributed by atoms with Crippen LogP contribution in [0.3, 0.4) is 0 Å². The number of carbonyl (C=O) groups excluding carboxylic acids is 2. The largest absolute Gasteiger partial charge is 0.490 e. The van der Waals surface area contributed by atoms with Gasteiger partial charge in [-0.2, -0.15) is 0 Å². The summed E-state index contributed by atoms with van der Waals surface area (Å²) < 4.78 is 11.2. The Morgan fingerprint density at radius 1 is 1.06 bits per heavy atom. The number of carbonyl (C=O) groups is 2. The van der Waals surface area contributed by atoms with Crippen LogP contribution < -0.4 is 20.7 Å². The van der Waals surface area contributed by atoms with E-state index in [4.69, 9.17) is 21.7 Å². The van der Waals surface area contributed by atoms with Gasteiger partial charge in [0.2, 0.25) is 0 Å². The Balaban J connectivity index is 1.91. The standard InChI is InChI=1S/C22H26BrN3O4S/c1-4-14(2)24-20(27)15-5-8-17(9-6-15)25-22(31)26-21(28)16-7-10-19(18(23)13-16)30-12-11-29-3/h5-10,13-14H,4,11-12H2,1-3H3,(H,24,27)(H2,25,26,28,31). The molecule has 7 nitrogen and oxygen atoms in total. The Kier molecular flexibility index (Phi) is 9.90. The summed E-state index contributed by atoms with van der Waals surface area (Å²) in [6, 6.07) is 12.0. The summed E-state index contributed by atoms with van der Waals surface area (Å²) in [6.07, 6.45) is 0.861. The highest BCUT2D eigenvalue weighted by atomic mass is 79.9. The van der Waals surface area contributed by atoms with Gasteiger partial charge in [0.05, 0.1) is 11.1 Å². The SMILES string of the molecule is CCC(C)NC(=O)c1ccc(NC(=S)NC(=O)c2ccc(OCCOC)c(Br)c2)cc1. The van der Waals surface area contributed by atoms with Crippen LogP contribution in [-0.2, 0) is 4.74 Å². The molecule has 2 aromatic carbocycles. The van der Waals surface area contributed by atoms with Crippen LogP contribution in [0, 0.1) is 0 Å². The second-order valence-corrected chi connectivity index (χ2v) is 8.02. The van der Waals surface area contributed by atoms with Gasteiger partial charge in [0.25, 0.3) is 11.8 Å². The summed E-state index contributed by atoms with van der Waals surface area (Å²) in [5.41, 5.74) is 1.64. The first-order valence-electron chi connectivity index (χ1n) is 9.78. The number of hydrogen-bond acceptors (Lipinski definition) is 5. The maximum atomic E-state index is 12.5. The van der Waals surface area contributed by atoms with Gasteiger partial charge in [-0.3, -0.25) is 14.9 Å². The minimum atomic E-state index is -0.355. The summed E-state index contributed by atoms with van der Waals surface area (Å²) in [5.74, 6) is 0.134. The molecule has 0 spiro atoms. The van der Waals surface area contributed by atoms with E-state index in [0.717, 1.165) is 6.42 Å². The number of hydrogen-bond donors (Lipinski definition) is 3. The van der Waals surface area contributed by atoms with Crippen LogP contribution in [0.2, 0.25) is 0 Å². The molecule has 0 radical (unpaired) electrons. The molecule has 2 aromatic rings. The van der Waals surface area contributed by atoms with Crippen molar-refractivity contribution in [1.82, 2.24) is 10.6 Å². The molecule has 0 fully saturated rings. The highest BCUT2D eigenvalue weighted by molar-refractivity contribution is 9.10. The average molecular weight is 508 g/mol. The third-order valence-electron chi connectivity index (χ3n) is 4.36. The fourth-order valence-electron chi connectivity index (χ4n) is 2.45. The van der Waals surface area contributed by atoms with E-state index < -0.39 is 0 Å². The highest BCUT2D eigenvalue weighted by Gasteiger charge is 2.12. The summed E-state index contributed by atoms with van der Waals surface area (Å²) in [5, 5.41) is 8.64. The van der Waals surface area contributed by atoms with Crippen molar-refractivity contribution in [2.24, 2.45) is 0 Å². The van der Waals surface area contributed by atoms with Crippen molar-refractivity contribution in [1.29, 1.82) is 0 Å². The van der Waals surface area contributed by atoms with Crippen molar-refractivity contribution in [3.05, 3.63) is 58.1 Å². The molecule has 0 aromatic heterocycles. The first kappa shape index (κ1) is 24.8. The summed E-state index contributed by atoms with van der Waals surface area (Å²) >= 11 is 8.62. The number of ether oxygens (including phenoxy) is 2. The monoisotopic (exact) mass is 507 g/mol. The van der Waals surface area contributed by atoms with Crippen LogP contribution in [0.1, 0.15) is 41.0 Å². The molecule has 2 amide bonds. The number of thiocarbonyl (C=S) groups is 1. The topological polar surface area (TPSA) is 88.7 Å². The van der Waals surface area contributed by atoms with Gasteiger partial charge in [-0.15, -0.1) is 0 Å². The normalized spacial score (nSPS) is 11.4. The van der Waals surface area contributed by atoms with E-state index in [9.17, 15) is 9.59 Å². The molecule has 0 aliphatic carbocycles. The van der Waals surface area contributed by atoms with Crippen LogP contribution >= 0.6 is 28.1 Å². The number of benzene rings is 2. The quantitative estimate of drug-likeness (QED) is 0.349. The van der Waals surface area contributed by atoms with Crippen LogP contribution in [-0.4, -0.2) is 43.3 Å². The van der Waals surface area contributed by atoms with Gasteiger partial charge >= 0.3 is 0 Å². The number of amides is 2. The summed E-state index contributed by atoms with van der Waals surface area (Å²) in [6.45, 7) is 4.84. The van der Waals surface area contributed by atoms with Crippen molar-refractivity contribution in [3.8, 4) is 5.75 Å². The second kappa shape index (κ2) is 12.4. The fraction of sp³-hybridized carbons (Fsp3) is 0.318. The number of halogens is 1. The Morgan fingerprint density at radius 3 is 2.35 bits per heavy atom. The van der Waals surface area contributed by atoms with Gasteiger partial charge in [0.1, 0.15) is 12.4 Å². The van der Waals surface area contributed by atoms with E-state index >= 15 is 0 Å². The van der Waals surface area contributed by atoms with Crippen molar-refractivity contribution in [2.45, 2.75) is 26.3 Å². The van der Waals surface area contributed by atoms with E-state index in [1.807, 2.05) is 13.8 Å². The summed E-state index contributed by atoms with van der Waals surface area (Å²) in [7, 11) is 1.60. The van der Waals surface area contributed by atoms with E-state index in [-0.39, 0.29) is 23.0 Å². The number of methoxy groups -OCH3 is 1. The molecule has 0 bridgehead atoms. The van der Waals surface area contributed by atoms with Crippen molar-refractivity contribution in [2.75, 3.05) is 25.6 Å². The lowest BCUT2D eigenvalue weighted by Gasteiger charge is -2.13. The lowest BCUT2D eigenvalue weighted by atomic mass is 10.1. The maximum Gasteiger partial charge on any atom is 0.257 e. The third-order valence-corrected chi connectivity index (χ3v) is 5.18. The third kappa shape index (κ3) is 7.93. The van der Waals surface area contributed by atoms with Crippen LogP contribution in [0.5, 0.6) is 5.75 Å². The minimum Gasteiger partial charge on any atom is -0.490 e. The minimum absolute atomic E-state index is 0.110. The van der Waals surface area contributed by atoms with Crippen LogP contribution in [0.4, 0.5) is 5.69 Å². The molecule has 0 heterocycles. The predicted octanol–water partition coefficient (Wildman–Crippen LogP) is 4.13. The molecule has 1 atom stereocenters. The predicted molar refractivity (Wildman–Crippen MR) is 129 cm³/mol. The molecule has 31 heavy (non-hydrogen) atoms. The zero-order valence-electron chi connectivity index (χ0n) is 17.7. The Hall–Kier alpha value is -2.49. The molecule has 0 saturated carbocycles. The first-order chi connectivity index (χ1) is 14.8. The van der Waals surface area contributed by atoms with Crippen molar-refractivity contribution < 1.29 is 19.1 Å². The Bertz CT molecular complexity index is 921. The number of rotatable bonds is 9. The Labute approximate surface area is 196 Å². The summed E-state index contributed by atoms with van der Waals surface area (Å²) in [4.78, 5) is 24.6. The lowest BCUT2D eigenvalue weighted by Crippen LogP contribution is -2.34. The molecule has 3 N–H and O–H groups in total. The van der Waals surface area contributed by atoms with Gasteiger partial charge in [0, 0.05) is 30.0 Å². The molecule has 166 valence electrons. The number of nitrogens with one attached hydrogen (secondary N) is 3. The molecular weight excluding hydrogens is 482 g/mol. The van der Waals surface area contributed by atoms with Crippen molar-refractivity contribution in [3.63, 3.8) is 0 Å². The average Bonchev–Trinajstić information content (AvgIpc) is 2.75. The zero-order valence-corrected chi connectivity index (χ0v) is 20.1. The Morgan fingerprint density at radius 2 is 1.74 bits per heavy atom. The smallest absolute Gasteiger partial charge is 0.257 e. The molecule has 0 aliphatic rings. The second-order valence-electron chi connectivity index (χ2n) is 6.75. The van der Waals surface area contributed by atoms with Gasteiger partial charge in [-0.25, -0.2) is 0 Å². The van der Waals surface area contributed by atoms with E-state index in [1.165, 1.54) is 0 Å². The molecular formula is C22H26BrN3O4S. The van der Waals surface area contributed by atoms with Gasteiger partial charge in [-0.05, 0) is 84.0 Å².